The first-order valence-electron chi connectivity index (χ1n) is 8.48. The van der Waals surface area contributed by atoms with Crippen LogP contribution in [0.4, 0.5) is 5.13 Å². The van der Waals surface area contributed by atoms with Crippen molar-refractivity contribution in [3.05, 3.63) is 39.3 Å². The SMILES string of the molecule is COC(=O)c1sc(NC(=O)CCc2c(C)nc3cc(C)nn3c2C)nc1C. The number of esters is 1. The predicted molar refractivity (Wildman–Crippen MR) is 102 cm³/mol. The molecule has 0 atom stereocenters. The van der Waals surface area contributed by atoms with Crippen molar-refractivity contribution in [1.29, 1.82) is 0 Å². The number of aryl methyl sites for hydroxylation is 4. The van der Waals surface area contributed by atoms with Gasteiger partial charge in [-0.1, -0.05) is 11.3 Å². The molecule has 1 N–H and O–H groups in total. The number of carbonyl (C=O) groups is 2. The van der Waals surface area contributed by atoms with E-state index in [4.69, 9.17) is 4.74 Å². The van der Waals surface area contributed by atoms with E-state index in [1.807, 2.05) is 31.4 Å². The molecule has 0 aliphatic heterocycles. The summed E-state index contributed by atoms with van der Waals surface area (Å²) in [5, 5.41) is 7.59. The summed E-state index contributed by atoms with van der Waals surface area (Å²) in [4.78, 5) is 33.2. The molecule has 0 aromatic carbocycles. The van der Waals surface area contributed by atoms with Gasteiger partial charge in [0.2, 0.25) is 5.91 Å². The van der Waals surface area contributed by atoms with Crippen molar-refractivity contribution < 1.29 is 14.3 Å². The van der Waals surface area contributed by atoms with Crippen molar-refractivity contribution in [1.82, 2.24) is 19.6 Å². The van der Waals surface area contributed by atoms with Gasteiger partial charge in [-0.15, -0.1) is 0 Å². The van der Waals surface area contributed by atoms with Gasteiger partial charge in [-0.25, -0.2) is 19.3 Å². The minimum atomic E-state index is -0.453. The van der Waals surface area contributed by atoms with Crippen molar-refractivity contribution >= 4 is 34.0 Å². The minimum Gasteiger partial charge on any atom is -0.465 e. The van der Waals surface area contributed by atoms with Gasteiger partial charge >= 0.3 is 5.97 Å². The van der Waals surface area contributed by atoms with Crippen molar-refractivity contribution in [2.45, 2.75) is 40.5 Å². The number of hydrogen-bond donors (Lipinski definition) is 1. The molecular formula is C18H21N5O3S. The Bertz CT molecular complexity index is 1040. The Hall–Kier alpha value is -2.81. The van der Waals surface area contributed by atoms with Gasteiger partial charge in [-0.05, 0) is 39.7 Å². The smallest absolute Gasteiger partial charge is 0.350 e. The van der Waals surface area contributed by atoms with E-state index in [1.165, 1.54) is 7.11 Å². The van der Waals surface area contributed by atoms with Crippen LogP contribution in [0.3, 0.4) is 0 Å². The molecule has 0 unspecified atom stereocenters. The average Bonchev–Trinajstić information content (AvgIpc) is 3.16. The Morgan fingerprint density at radius 3 is 2.63 bits per heavy atom. The van der Waals surface area contributed by atoms with E-state index >= 15 is 0 Å². The molecule has 0 aliphatic carbocycles. The van der Waals surface area contributed by atoms with E-state index in [0.29, 0.717) is 22.1 Å². The molecular weight excluding hydrogens is 366 g/mol. The quantitative estimate of drug-likeness (QED) is 0.676. The molecule has 3 aromatic heterocycles. The zero-order chi connectivity index (χ0) is 19.7. The van der Waals surface area contributed by atoms with Crippen LogP contribution in [-0.2, 0) is 16.0 Å². The van der Waals surface area contributed by atoms with Gasteiger partial charge in [-0.2, -0.15) is 5.10 Å². The van der Waals surface area contributed by atoms with E-state index < -0.39 is 5.97 Å². The molecule has 1 amide bonds. The monoisotopic (exact) mass is 387 g/mol. The number of aromatic nitrogens is 4. The number of hydrogen-bond acceptors (Lipinski definition) is 7. The first-order valence-corrected chi connectivity index (χ1v) is 9.30. The van der Waals surface area contributed by atoms with Crippen LogP contribution < -0.4 is 5.32 Å². The van der Waals surface area contributed by atoms with Crippen LogP contribution in [0.2, 0.25) is 0 Å². The highest BCUT2D eigenvalue weighted by Crippen LogP contribution is 2.24. The molecule has 9 heteroatoms. The number of amides is 1. The third-order valence-electron chi connectivity index (χ3n) is 4.30. The molecule has 0 saturated carbocycles. The van der Waals surface area contributed by atoms with Gasteiger partial charge in [0.1, 0.15) is 4.88 Å². The summed E-state index contributed by atoms with van der Waals surface area (Å²) in [7, 11) is 1.32. The molecule has 0 fully saturated rings. The normalized spacial score (nSPS) is 11.0. The van der Waals surface area contributed by atoms with Crippen LogP contribution in [0.5, 0.6) is 0 Å². The van der Waals surface area contributed by atoms with E-state index in [9.17, 15) is 9.59 Å². The van der Waals surface area contributed by atoms with Gasteiger partial charge in [-0.3, -0.25) is 4.79 Å². The lowest BCUT2D eigenvalue weighted by atomic mass is 10.1. The molecule has 0 saturated heterocycles. The first-order chi connectivity index (χ1) is 12.8. The Balaban J connectivity index is 1.71. The highest BCUT2D eigenvalue weighted by atomic mass is 32.1. The number of thiazole rings is 1. The van der Waals surface area contributed by atoms with E-state index in [2.05, 4.69) is 20.4 Å². The van der Waals surface area contributed by atoms with Gasteiger partial charge in [0.25, 0.3) is 0 Å². The molecule has 3 rings (SSSR count). The number of nitrogens with zero attached hydrogens (tertiary/aromatic N) is 4. The van der Waals surface area contributed by atoms with Crippen LogP contribution in [0.1, 0.15) is 44.4 Å². The summed E-state index contributed by atoms with van der Waals surface area (Å²) in [6, 6.07) is 1.93. The van der Waals surface area contributed by atoms with Gasteiger partial charge in [0.05, 0.1) is 18.5 Å². The summed E-state index contributed by atoms with van der Waals surface area (Å²) in [5.41, 5.74) is 5.14. The third kappa shape index (κ3) is 3.82. The molecule has 27 heavy (non-hydrogen) atoms. The minimum absolute atomic E-state index is 0.171. The number of carbonyl (C=O) groups excluding carboxylic acids is 2. The number of ether oxygens (including phenoxy) is 1. The maximum Gasteiger partial charge on any atom is 0.350 e. The molecule has 0 aliphatic rings. The standard InChI is InChI=1S/C18H21N5O3S/c1-9-8-14-19-10(2)13(12(4)23(14)22-9)6-7-15(24)21-18-20-11(3)16(27-18)17(25)26-5/h8H,6-7H2,1-5H3,(H,20,21,24). The number of nitrogens with one attached hydrogen (secondary N) is 1. The molecule has 0 spiro atoms. The lowest BCUT2D eigenvalue weighted by Gasteiger charge is -2.10. The van der Waals surface area contributed by atoms with Crippen LogP contribution in [-0.4, -0.2) is 38.6 Å². The fourth-order valence-corrected chi connectivity index (χ4v) is 3.86. The second kappa shape index (κ2) is 7.43. The van der Waals surface area contributed by atoms with Gasteiger partial charge in [0.15, 0.2) is 10.8 Å². The Morgan fingerprint density at radius 1 is 1.19 bits per heavy atom. The van der Waals surface area contributed by atoms with E-state index in [0.717, 1.165) is 39.6 Å². The second-order valence-electron chi connectivity index (χ2n) is 6.29. The van der Waals surface area contributed by atoms with Crippen LogP contribution >= 0.6 is 11.3 Å². The predicted octanol–water partition coefficient (Wildman–Crippen LogP) is 2.78. The van der Waals surface area contributed by atoms with Crippen LogP contribution in [0.15, 0.2) is 6.07 Å². The Kier molecular flexibility index (Phi) is 5.22. The zero-order valence-electron chi connectivity index (χ0n) is 15.9. The molecule has 3 heterocycles. The lowest BCUT2D eigenvalue weighted by molar-refractivity contribution is -0.116. The maximum atomic E-state index is 12.3. The highest BCUT2D eigenvalue weighted by molar-refractivity contribution is 7.17. The van der Waals surface area contributed by atoms with Crippen molar-refractivity contribution in [3.8, 4) is 0 Å². The number of anilines is 1. The molecule has 0 radical (unpaired) electrons. The third-order valence-corrected chi connectivity index (χ3v) is 5.35. The van der Waals surface area contributed by atoms with Crippen molar-refractivity contribution in [3.63, 3.8) is 0 Å². The van der Waals surface area contributed by atoms with Gasteiger partial charge < -0.3 is 10.1 Å². The van der Waals surface area contributed by atoms with Crippen LogP contribution in [0, 0.1) is 27.7 Å². The lowest BCUT2D eigenvalue weighted by Crippen LogP contribution is -2.14. The fraction of sp³-hybridized carbons (Fsp3) is 0.389. The van der Waals surface area contributed by atoms with Crippen LogP contribution in [0.25, 0.3) is 5.65 Å². The average molecular weight is 387 g/mol. The van der Waals surface area contributed by atoms with E-state index in [1.54, 1.807) is 6.92 Å². The first kappa shape index (κ1) is 19.0. The summed E-state index contributed by atoms with van der Waals surface area (Å²) in [6.45, 7) is 7.55. The fourth-order valence-electron chi connectivity index (χ4n) is 2.96. The van der Waals surface area contributed by atoms with E-state index in [-0.39, 0.29) is 12.3 Å². The van der Waals surface area contributed by atoms with Gasteiger partial charge in [0, 0.05) is 23.9 Å². The summed E-state index contributed by atoms with van der Waals surface area (Å²) >= 11 is 1.11. The zero-order valence-corrected chi connectivity index (χ0v) is 16.7. The number of rotatable bonds is 5. The number of methoxy groups -OCH3 is 1. The number of fused-ring (bicyclic) bond motifs is 1. The Morgan fingerprint density at radius 2 is 1.93 bits per heavy atom. The summed E-state index contributed by atoms with van der Waals surface area (Å²) in [6.07, 6.45) is 0.820. The Labute approximate surface area is 160 Å². The maximum absolute atomic E-state index is 12.3. The summed E-state index contributed by atoms with van der Waals surface area (Å²) < 4.78 is 6.52. The second-order valence-corrected chi connectivity index (χ2v) is 7.29. The van der Waals surface area contributed by atoms with Crippen molar-refractivity contribution in [2.24, 2.45) is 0 Å². The molecule has 0 bridgehead atoms. The highest BCUT2D eigenvalue weighted by Gasteiger charge is 2.18. The summed E-state index contributed by atoms with van der Waals surface area (Å²) in [5.74, 6) is -0.624. The molecule has 3 aromatic rings. The largest absolute Gasteiger partial charge is 0.465 e. The van der Waals surface area contributed by atoms with Crippen molar-refractivity contribution in [2.75, 3.05) is 12.4 Å². The molecule has 8 nitrogen and oxygen atoms in total. The molecule has 142 valence electrons. The topological polar surface area (TPSA) is 98.5 Å².